The SMILES string of the molecule is CCCCCCCCCCS(=O)(=O)NC(CO)CCCCCC.N[C@@H](CO)C(=O)OP(=O)(O)O. The first kappa shape index (κ1) is 35.6. The Bertz CT molecular complexity index is 644. The van der Waals surface area contributed by atoms with Crippen LogP contribution < -0.4 is 10.5 Å². The molecule has 1 unspecified atom stereocenters. The van der Waals surface area contributed by atoms with Crippen LogP contribution in [0.2, 0.25) is 0 Å². The van der Waals surface area contributed by atoms with Crippen LogP contribution in [0.1, 0.15) is 97.3 Å². The molecular weight excluding hydrogens is 487 g/mol. The Morgan fingerprint density at radius 3 is 1.79 bits per heavy atom. The van der Waals surface area contributed by atoms with Crippen LogP contribution in [-0.4, -0.2) is 65.4 Å². The van der Waals surface area contributed by atoms with E-state index in [9.17, 15) is 22.9 Å². The number of carbonyl (C=O) groups excluding carboxylic acids is 1. The van der Waals surface area contributed by atoms with Gasteiger partial charge in [-0.05, 0) is 12.8 Å². The zero-order chi connectivity index (χ0) is 26.5. The summed E-state index contributed by atoms with van der Waals surface area (Å²) in [6.45, 7) is 3.53. The zero-order valence-electron chi connectivity index (χ0n) is 20.7. The van der Waals surface area contributed by atoms with Crippen molar-refractivity contribution in [3.05, 3.63) is 0 Å². The highest BCUT2D eigenvalue weighted by atomic mass is 32.2. The maximum Gasteiger partial charge on any atom is 0.527 e. The molecule has 34 heavy (non-hydrogen) atoms. The lowest BCUT2D eigenvalue weighted by Crippen LogP contribution is -2.38. The van der Waals surface area contributed by atoms with Crippen molar-refractivity contribution >= 4 is 23.8 Å². The molecule has 7 N–H and O–H groups in total. The third-order valence-corrected chi connectivity index (χ3v) is 6.88. The Balaban J connectivity index is 0. The lowest BCUT2D eigenvalue weighted by Gasteiger charge is -2.16. The van der Waals surface area contributed by atoms with Gasteiger partial charge >= 0.3 is 13.8 Å². The topological polar surface area (TPSA) is 196 Å². The van der Waals surface area contributed by atoms with E-state index in [2.05, 4.69) is 23.1 Å². The molecule has 0 amide bonds. The van der Waals surface area contributed by atoms with Crippen molar-refractivity contribution < 1.29 is 42.3 Å². The monoisotopic (exact) mass is 534 g/mol. The fourth-order valence-electron chi connectivity index (χ4n) is 3.00. The number of rotatable bonds is 20. The minimum atomic E-state index is -4.83. The molecule has 13 heteroatoms. The second-order valence-electron chi connectivity index (χ2n) is 8.33. The number of aliphatic hydroxyl groups excluding tert-OH is 2. The summed E-state index contributed by atoms with van der Waals surface area (Å²) in [5.74, 6) is -1.14. The van der Waals surface area contributed by atoms with Gasteiger partial charge in [-0.15, -0.1) is 0 Å². The van der Waals surface area contributed by atoms with Crippen LogP contribution in [0.4, 0.5) is 0 Å². The molecule has 0 aromatic carbocycles. The van der Waals surface area contributed by atoms with E-state index < -0.39 is 36.5 Å². The predicted octanol–water partition coefficient (Wildman–Crippen LogP) is 2.32. The van der Waals surface area contributed by atoms with Crippen LogP contribution in [0.15, 0.2) is 0 Å². The molecule has 0 fully saturated rings. The van der Waals surface area contributed by atoms with Gasteiger partial charge in [0.2, 0.25) is 10.0 Å². The number of sulfonamides is 1. The van der Waals surface area contributed by atoms with E-state index in [4.69, 9.17) is 20.6 Å². The highest BCUT2D eigenvalue weighted by Gasteiger charge is 2.24. The molecular formula is C21H47N2O9PS. The molecule has 0 heterocycles. The van der Waals surface area contributed by atoms with Crippen molar-refractivity contribution in [1.29, 1.82) is 0 Å². The van der Waals surface area contributed by atoms with Crippen molar-refractivity contribution in [2.45, 2.75) is 109 Å². The van der Waals surface area contributed by atoms with Gasteiger partial charge in [-0.1, -0.05) is 84.5 Å². The number of aliphatic hydroxyl groups is 2. The standard InChI is InChI=1S/C18H39NO3S.C3H8NO6P/c1-3-5-7-9-10-11-12-14-16-23(21,22)19-18(17-20)15-13-8-6-4-2;4-2(1-5)3(6)10-11(7,8)9/h18-20H,3-17H2,1-2H3;2,5H,1,4H2,(H2,7,8,9)/t;2-/m.0/s1. The Morgan fingerprint density at radius 2 is 1.35 bits per heavy atom. The summed E-state index contributed by atoms with van der Waals surface area (Å²) in [6.07, 6.45) is 14.3. The Hall–Kier alpha value is -0.590. The van der Waals surface area contributed by atoms with Gasteiger partial charge in [0.05, 0.1) is 19.0 Å². The minimum Gasteiger partial charge on any atom is -0.395 e. The van der Waals surface area contributed by atoms with Crippen LogP contribution in [0.25, 0.3) is 0 Å². The second kappa shape index (κ2) is 21.7. The number of hydrogen-bond donors (Lipinski definition) is 6. The fraction of sp³-hybridized carbons (Fsp3) is 0.952. The first-order valence-corrected chi connectivity index (χ1v) is 15.4. The van der Waals surface area contributed by atoms with Gasteiger partial charge in [-0.3, -0.25) is 9.79 Å². The molecule has 0 saturated carbocycles. The molecule has 11 nitrogen and oxygen atoms in total. The smallest absolute Gasteiger partial charge is 0.395 e. The normalized spacial score (nSPS) is 13.6. The maximum atomic E-state index is 12.0. The summed E-state index contributed by atoms with van der Waals surface area (Å²) in [5.41, 5.74) is 4.86. The zero-order valence-corrected chi connectivity index (χ0v) is 22.4. The summed E-state index contributed by atoms with van der Waals surface area (Å²) >= 11 is 0. The summed E-state index contributed by atoms with van der Waals surface area (Å²) in [4.78, 5) is 26.5. The average Bonchev–Trinajstić information content (AvgIpc) is 2.76. The molecule has 0 radical (unpaired) electrons. The van der Waals surface area contributed by atoms with Crippen molar-refractivity contribution in [3.63, 3.8) is 0 Å². The van der Waals surface area contributed by atoms with Gasteiger partial charge < -0.3 is 20.5 Å². The van der Waals surface area contributed by atoms with Gasteiger partial charge in [-0.25, -0.2) is 22.5 Å². The molecule has 0 aliphatic carbocycles. The Morgan fingerprint density at radius 1 is 0.882 bits per heavy atom. The van der Waals surface area contributed by atoms with Crippen LogP contribution in [-0.2, 0) is 23.9 Å². The first-order chi connectivity index (χ1) is 15.9. The van der Waals surface area contributed by atoms with E-state index in [0.29, 0.717) is 0 Å². The van der Waals surface area contributed by atoms with E-state index in [1.165, 1.54) is 38.5 Å². The summed E-state index contributed by atoms with van der Waals surface area (Å²) in [6, 6.07) is -1.73. The number of hydrogen-bond acceptors (Lipinski definition) is 8. The van der Waals surface area contributed by atoms with Crippen molar-refractivity contribution in [2.24, 2.45) is 5.73 Å². The number of phosphoric acid groups is 1. The minimum absolute atomic E-state index is 0.108. The van der Waals surface area contributed by atoms with E-state index in [0.717, 1.165) is 44.9 Å². The van der Waals surface area contributed by atoms with Crippen LogP contribution in [0, 0.1) is 0 Å². The Labute approximate surface area is 205 Å². The maximum absolute atomic E-state index is 12.0. The predicted molar refractivity (Wildman–Crippen MR) is 132 cm³/mol. The molecule has 0 saturated heterocycles. The highest BCUT2D eigenvalue weighted by molar-refractivity contribution is 7.89. The van der Waals surface area contributed by atoms with E-state index in [1.54, 1.807) is 0 Å². The van der Waals surface area contributed by atoms with E-state index in [1.807, 2.05) is 0 Å². The number of unbranched alkanes of at least 4 members (excludes halogenated alkanes) is 10. The number of carbonyl (C=O) groups is 1. The number of nitrogens with two attached hydrogens (primary N) is 1. The van der Waals surface area contributed by atoms with Gasteiger partial charge in [0.25, 0.3) is 0 Å². The molecule has 0 aliphatic rings. The second-order valence-corrected chi connectivity index (χ2v) is 11.4. The molecule has 206 valence electrons. The van der Waals surface area contributed by atoms with E-state index in [-0.39, 0.29) is 18.4 Å². The molecule has 0 rings (SSSR count). The third kappa shape index (κ3) is 24.5. The fourth-order valence-corrected chi connectivity index (χ4v) is 4.78. The lowest BCUT2D eigenvalue weighted by atomic mass is 10.1. The van der Waals surface area contributed by atoms with Crippen LogP contribution >= 0.6 is 7.82 Å². The number of nitrogens with one attached hydrogen (secondary N) is 1. The molecule has 0 spiro atoms. The van der Waals surface area contributed by atoms with Gasteiger partial charge in [0, 0.05) is 6.04 Å². The first-order valence-electron chi connectivity index (χ1n) is 12.2. The molecule has 0 bridgehead atoms. The van der Waals surface area contributed by atoms with Crippen LogP contribution in [0.5, 0.6) is 0 Å². The molecule has 0 aromatic heterocycles. The summed E-state index contributed by atoms with van der Waals surface area (Å²) in [7, 11) is -8.08. The third-order valence-electron chi connectivity index (χ3n) is 4.95. The summed E-state index contributed by atoms with van der Waals surface area (Å²) in [5, 5.41) is 17.6. The molecule has 2 atom stereocenters. The molecule has 0 aromatic rings. The number of phosphoric ester groups is 1. The van der Waals surface area contributed by atoms with Crippen molar-refractivity contribution in [2.75, 3.05) is 19.0 Å². The largest absolute Gasteiger partial charge is 0.527 e. The highest BCUT2D eigenvalue weighted by Crippen LogP contribution is 2.35. The lowest BCUT2D eigenvalue weighted by molar-refractivity contribution is -0.138. The van der Waals surface area contributed by atoms with Crippen LogP contribution in [0.3, 0.4) is 0 Å². The van der Waals surface area contributed by atoms with Crippen molar-refractivity contribution in [3.8, 4) is 0 Å². The van der Waals surface area contributed by atoms with E-state index >= 15 is 0 Å². The van der Waals surface area contributed by atoms with Crippen molar-refractivity contribution in [1.82, 2.24) is 4.72 Å². The molecule has 0 aliphatic heterocycles. The van der Waals surface area contributed by atoms with Gasteiger partial charge in [0.1, 0.15) is 6.04 Å². The summed E-state index contributed by atoms with van der Waals surface area (Å²) < 4.78 is 40.3. The quantitative estimate of drug-likeness (QED) is 0.0995. The van der Waals surface area contributed by atoms with Gasteiger partial charge in [0.15, 0.2) is 0 Å². The average molecular weight is 535 g/mol. The Kier molecular flexibility index (Phi) is 22.7. The van der Waals surface area contributed by atoms with Gasteiger partial charge in [-0.2, -0.15) is 0 Å².